The Kier molecular flexibility index (Phi) is 6.68. The minimum Gasteiger partial charge on any atom is -0.361 e. The molecule has 3 aromatic carbocycles. The summed E-state index contributed by atoms with van der Waals surface area (Å²) in [5.41, 5.74) is 4.94. The van der Waals surface area contributed by atoms with E-state index in [1.54, 1.807) is 4.90 Å². The van der Waals surface area contributed by atoms with Gasteiger partial charge in [-0.05, 0) is 55.3 Å². The summed E-state index contributed by atoms with van der Waals surface area (Å²) in [5.74, 6) is -0.265. The van der Waals surface area contributed by atoms with E-state index in [-0.39, 0.29) is 18.2 Å². The normalized spacial score (nSPS) is 16.8. The van der Waals surface area contributed by atoms with Crippen molar-refractivity contribution in [2.24, 2.45) is 4.99 Å². The van der Waals surface area contributed by atoms with Gasteiger partial charge in [0.05, 0.1) is 5.69 Å². The number of thioether (sulfide) groups is 1. The van der Waals surface area contributed by atoms with Crippen LogP contribution in [0.3, 0.4) is 0 Å². The van der Waals surface area contributed by atoms with E-state index in [1.165, 1.54) is 22.7 Å². The molecule has 35 heavy (non-hydrogen) atoms. The number of rotatable bonds is 7. The summed E-state index contributed by atoms with van der Waals surface area (Å²) in [6.07, 6.45) is 2.79. The van der Waals surface area contributed by atoms with E-state index in [4.69, 9.17) is 4.99 Å². The third kappa shape index (κ3) is 5.30. The van der Waals surface area contributed by atoms with Gasteiger partial charge in [-0.15, -0.1) is 0 Å². The predicted molar refractivity (Wildman–Crippen MR) is 143 cm³/mol. The van der Waals surface area contributed by atoms with Gasteiger partial charge in [0.1, 0.15) is 5.25 Å². The third-order valence-corrected chi connectivity index (χ3v) is 7.13. The molecule has 1 aromatic heterocycles. The number of aliphatic imine (C=N–C) groups is 1. The lowest BCUT2D eigenvalue weighted by molar-refractivity contribution is -0.128. The number of nitrogens with zero attached hydrogens (tertiary/aromatic N) is 2. The fourth-order valence-electron chi connectivity index (χ4n) is 4.18. The summed E-state index contributed by atoms with van der Waals surface area (Å²) in [5, 5.41) is 4.18. The highest BCUT2D eigenvalue weighted by Crippen LogP contribution is 2.32. The van der Waals surface area contributed by atoms with Crippen molar-refractivity contribution in [2.45, 2.75) is 25.0 Å². The summed E-state index contributed by atoms with van der Waals surface area (Å²) in [6, 6.07) is 25.2. The van der Waals surface area contributed by atoms with Gasteiger partial charge in [-0.2, -0.15) is 0 Å². The van der Waals surface area contributed by atoms with Crippen LogP contribution in [0.15, 0.2) is 90.1 Å². The van der Waals surface area contributed by atoms with Gasteiger partial charge < -0.3 is 10.3 Å². The molecule has 0 aliphatic carbocycles. The van der Waals surface area contributed by atoms with E-state index in [0.717, 1.165) is 22.5 Å². The van der Waals surface area contributed by atoms with Gasteiger partial charge in [0, 0.05) is 35.8 Å². The number of hydrogen-bond acceptors (Lipinski definition) is 4. The Morgan fingerprint density at radius 1 is 1.06 bits per heavy atom. The maximum atomic E-state index is 13.4. The highest BCUT2D eigenvalue weighted by atomic mass is 32.2. The number of amides is 2. The molecule has 1 saturated heterocycles. The number of amidine groups is 1. The Bertz CT molecular complexity index is 1380. The number of aromatic nitrogens is 1. The third-order valence-electron chi connectivity index (χ3n) is 5.96. The molecule has 6 nitrogen and oxygen atoms in total. The van der Waals surface area contributed by atoms with Gasteiger partial charge in [-0.3, -0.25) is 14.5 Å². The smallest absolute Gasteiger partial charge is 0.242 e. The summed E-state index contributed by atoms with van der Waals surface area (Å²) in [6.45, 7) is 2.57. The van der Waals surface area contributed by atoms with E-state index < -0.39 is 5.25 Å². The van der Waals surface area contributed by atoms with Crippen LogP contribution in [0.4, 0.5) is 11.4 Å². The number of para-hydroxylation sites is 2. The van der Waals surface area contributed by atoms with Crippen LogP contribution in [-0.2, 0) is 16.0 Å². The molecule has 7 heteroatoms. The van der Waals surface area contributed by atoms with Gasteiger partial charge >= 0.3 is 0 Å². The van der Waals surface area contributed by atoms with Gasteiger partial charge in [-0.1, -0.05) is 59.8 Å². The van der Waals surface area contributed by atoms with Gasteiger partial charge in [-0.25, -0.2) is 4.99 Å². The Morgan fingerprint density at radius 2 is 1.80 bits per heavy atom. The predicted octanol–water partition coefficient (Wildman–Crippen LogP) is 5.68. The van der Waals surface area contributed by atoms with Gasteiger partial charge in [0.25, 0.3) is 0 Å². The van der Waals surface area contributed by atoms with E-state index >= 15 is 0 Å². The van der Waals surface area contributed by atoms with Crippen molar-refractivity contribution in [3.05, 3.63) is 96.2 Å². The van der Waals surface area contributed by atoms with Crippen molar-refractivity contribution in [2.75, 3.05) is 11.9 Å². The molecule has 1 aliphatic rings. The van der Waals surface area contributed by atoms with E-state index in [0.29, 0.717) is 18.1 Å². The molecule has 1 fully saturated rings. The molecule has 4 aromatic rings. The van der Waals surface area contributed by atoms with Crippen molar-refractivity contribution >= 4 is 51.0 Å². The molecule has 5 rings (SSSR count). The van der Waals surface area contributed by atoms with Crippen molar-refractivity contribution in [3.63, 3.8) is 0 Å². The average molecular weight is 483 g/mol. The van der Waals surface area contributed by atoms with Crippen LogP contribution in [0.25, 0.3) is 10.9 Å². The zero-order chi connectivity index (χ0) is 24.2. The van der Waals surface area contributed by atoms with Crippen LogP contribution in [0, 0.1) is 6.92 Å². The number of aryl methyl sites for hydroxylation is 1. The van der Waals surface area contributed by atoms with Crippen LogP contribution in [0.5, 0.6) is 0 Å². The summed E-state index contributed by atoms with van der Waals surface area (Å²) >= 11 is 1.36. The Morgan fingerprint density at radius 3 is 2.57 bits per heavy atom. The molecule has 0 spiro atoms. The van der Waals surface area contributed by atoms with Crippen molar-refractivity contribution in [1.29, 1.82) is 0 Å². The van der Waals surface area contributed by atoms with E-state index in [1.807, 2.05) is 66.9 Å². The lowest BCUT2D eigenvalue weighted by atomic mass is 10.1. The van der Waals surface area contributed by atoms with Crippen LogP contribution >= 0.6 is 11.8 Å². The Balaban J connectivity index is 1.35. The average Bonchev–Trinajstić information content (AvgIpc) is 3.39. The van der Waals surface area contributed by atoms with Crippen LogP contribution in [-0.4, -0.2) is 38.7 Å². The maximum Gasteiger partial charge on any atom is 0.242 e. The monoisotopic (exact) mass is 482 g/mol. The molecule has 1 atom stereocenters. The molecule has 2 N–H and O–H groups in total. The van der Waals surface area contributed by atoms with Gasteiger partial charge in [0.15, 0.2) is 5.17 Å². The first-order valence-corrected chi connectivity index (χ1v) is 12.5. The summed E-state index contributed by atoms with van der Waals surface area (Å²) < 4.78 is 0. The maximum absolute atomic E-state index is 13.4. The number of benzene rings is 3. The Hall–Kier alpha value is -3.84. The molecule has 1 aliphatic heterocycles. The quantitative estimate of drug-likeness (QED) is 0.356. The highest BCUT2D eigenvalue weighted by Gasteiger charge is 2.39. The molecule has 2 amide bonds. The van der Waals surface area contributed by atoms with Crippen LogP contribution in [0.2, 0.25) is 0 Å². The number of carbonyl (C=O) groups is 2. The number of hydrogen-bond donors (Lipinski definition) is 2. The minimum atomic E-state index is -0.508. The van der Waals surface area contributed by atoms with Crippen LogP contribution < -0.4 is 5.32 Å². The van der Waals surface area contributed by atoms with Crippen molar-refractivity contribution in [1.82, 2.24) is 9.88 Å². The van der Waals surface area contributed by atoms with E-state index in [2.05, 4.69) is 35.4 Å². The molecular formula is C28H26N4O2S. The molecular weight excluding hydrogens is 456 g/mol. The standard InChI is InChI=1S/C28H26N4O2S/c1-19-12-13-24-23(16-19)20(18-29-24)14-15-32-27(34)25(17-26(33)30-21-8-4-2-5-9-21)35-28(32)31-22-10-6-3-7-11-22/h2-13,16,18,25,29H,14-15,17H2,1H3,(H,30,33). The zero-order valence-corrected chi connectivity index (χ0v) is 20.2. The molecule has 176 valence electrons. The summed E-state index contributed by atoms with van der Waals surface area (Å²) in [7, 11) is 0. The van der Waals surface area contributed by atoms with Gasteiger partial charge in [0.2, 0.25) is 11.8 Å². The number of carbonyl (C=O) groups excluding carboxylic acids is 2. The molecule has 1 unspecified atom stereocenters. The fraction of sp³-hybridized carbons (Fsp3) is 0.179. The first kappa shape index (κ1) is 22.9. The fourth-order valence-corrected chi connectivity index (χ4v) is 5.36. The van der Waals surface area contributed by atoms with Crippen molar-refractivity contribution in [3.8, 4) is 0 Å². The SMILES string of the molecule is Cc1ccc2[nH]cc(CCN3C(=O)C(CC(=O)Nc4ccccc4)SC3=Nc3ccccc3)c2c1. The summed E-state index contributed by atoms with van der Waals surface area (Å²) in [4.78, 5) is 35.9. The lowest BCUT2D eigenvalue weighted by Gasteiger charge is -2.16. The number of H-pyrrole nitrogens is 1. The lowest BCUT2D eigenvalue weighted by Crippen LogP contribution is -2.35. The van der Waals surface area contributed by atoms with Crippen LogP contribution in [0.1, 0.15) is 17.5 Å². The minimum absolute atomic E-state index is 0.0797. The first-order valence-electron chi connectivity index (χ1n) is 11.6. The van der Waals surface area contributed by atoms with E-state index in [9.17, 15) is 9.59 Å². The molecule has 0 bridgehead atoms. The molecule has 2 heterocycles. The number of nitrogens with one attached hydrogen (secondary N) is 2. The zero-order valence-electron chi connectivity index (χ0n) is 19.4. The number of aromatic amines is 1. The first-order chi connectivity index (χ1) is 17.1. The highest BCUT2D eigenvalue weighted by molar-refractivity contribution is 8.15. The molecule has 0 radical (unpaired) electrons. The topological polar surface area (TPSA) is 77.6 Å². The van der Waals surface area contributed by atoms with Crippen molar-refractivity contribution < 1.29 is 9.59 Å². The number of fused-ring (bicyclic) bond motifs is 1. The second-order valence-corrected chi connectivity index (χ2v) is 9.73. The largest absolute Gasteiger partial charge is 0.361 e. The Labute approximate surface area is 208 Å². The second kappa shape index (κ2) is 10.2. The number of anilines is 1. The second-order valence-electron chi connectivity index (χ2n) is 8.56. The molecule has 0 saturated carbocycles.